The minimum Gasteiger partial charge on any atom is -0.0683 e. The smallest absolute Gasteiger partial charge is 0.0149 e. The minimum atomic E-state index is 0.571. The Morgan fingerprint density at radius 2 is 1.11 bits per heavy atom. The van der Waals surface area contributed by atoms with E-state index in [0.717, 1.165) is 0 Å². The van der Waals surface area contributed by atoms with E-state index in [9.17, 15) is 0 Å². The Balaban J connectivity index is 0.000000741. The summed E-state index contributed by atoms with van der Waals surface area (Å²) < 4.78 is 0. The van der Waals surface area contributed by atoms with Crippen molar-refractivity contribution in [1.29, 1.82) is 0 Å². The highest BCUT2D eigenvalue weighted by atomic mass is 14.1. The lowest BCUT2D eigenvalue weighted by atomic mass is 9.93. The molecule has 0 aliphatic rings. The Morgan fingerprint density at radius 3 is 1.63 bits per heavy atom. The summed E-state index contributed by atoms with van der Waals surface area (Å²) in [4.78, 5) is 0. The summed E-state index contributed by atoms with van der Waals surface area (Å²) in [5.74, 6) is 0.571. The third kappa shape index (κ3) is 5.30. The third-order valence-electron chi connectivity index (χ3n) is 2.67. The van der Waals surface area contributed by atoms with Crippen LogP contribution in [0.5, 0.6) is 0 Å². The zero-order chi connectivity index (χ0) is 14.7. The normalized spacial score (nSPS) is 9.00. The van der Waals surface area contributed by atoms with Gasteiger partial charge in [0.25, 0.3) is 0 Å². The van der Waals surface area contributed by atoms with Gasteiger partial charge in [0.1, 0.15) is 0 Å². The van der Waals surface area contributed by atoms with Crippen LogP contribution in [0.25, 0.3) is 11.1 Å². The second-order valence-electron chi connectivity index (χ2n) is 4.11. The van der Waals surface area contributed by atoms with Crippen molar-refractivity contribution in [3.63, 3.8) is 0 Å². The van der Waals surface area contributed by atoms with Gasteiger partial charge in [0.15, 0.2) is 0 Å². The molecular formula is C19H28. The topological polar surface area (TPSA) is 0 Å². The van der Waals surface area contributed by atoms with Gasteiger partial charge in [0.05, 0.1) is 0 Å². The van der Waals surface area contributed by atoms with Crippen LogP contribution in [0.2, 0.25) is 0 Å². The van der Waals surface area contributed by atoms with Gasteiger partial charge in [-0.25, -0.2) is 0 Å². The standard InChI is InChI=1S/C15H16.2C2H6/c1-12(2)14-10-6-7-11-15(14)13-8-4-3-5-9-13;2*1-2/h3-12H,1-2H3;2*1-2H3. The van der Waals surface area contributed by atoms with Crippen LogP contribution in [-0.4, -0.2) is 0 Å². The molecule has 0 atom stereocenters. The highest BCUT2D eigenvalue weighted by molar-refractivity contribution is 5.67. The van der Waals surface area contributed by atoms with E-state index in [1.807, 2.05) is 27.7 Å². The molecule has 2 aromatic rings. The first-order valence-electron chi connectivity index (χ1n) is 7.43. The largest absolute Gasteiger partial charge is 0.0683 e. The quantitative estimate of drug-likeness (QED) is 0.573. The van der Waals surface area contributed by atoms with Crippen molar-refractivity contribution >= 4 is 0 Å². The van der Waals surface area contributed by atoms with E-state index in [1.165, 1.54) is 16.7 Å². The molecule has 0 fully saturated rings. The molecule has 0 spiro atoms. The van der Waals surface area contributed by atoms with Crippen LogP contribution in [0.4, 0.5) is 0 Å². The van der Waals surface area contributed by atoms with Gasteiger partial charge in [-0.15, -0.1) is 0 Å². The second kappa shape index (κ2) is 10.4. The van der Waals surface area contributed by atoms with Crippen LogP contribution in [0.3, 0.4) is 0 Å². The summed E-state index contributed by atoms with van der Waals surface area (Å²) in [6.45, 7) is 12.5. The second-order valence-corrected chi connectivity index (χ2v) is 4.11. The Kier molecular flexibility index (Phi) is 9.52. The number of benzene rings is 2. The summed E-state index contributed by atoms with van der Waals surface area (Å²) in [6.07, 6.45) is 0. The zero-order valence-electron chi connectivity index (χ0n) is 13.3. The molecule has 0 aromatic heterocycles. The highest BCUT2D eigenvalue weighted by Gasteiger charge is 2.06. The van der Waals surface area contributed by atoms with Crippen LogP contribution in [0, 0.1) is 0 Å². The van der Waals surface area contributed by atoms with Crippen molar-refractivity contribution < 1.29 is 0 Å². The van der Waals surface area contributed by atoms with Gasteiger partial charge in [-0.2, -0.15) is 0 Å². The van der Waals surface area contributed by atoms with Gasteiger partial charge < -0.3 is 0 Å². The van der Waals surface area contributed by atoms with Crippen molar-refractivity contribution in [1.82, 2.24) is 0 Å². The van der Waals surface area contributed by atoms with Crippen LogP contribution in [-0.2, 0) is 0 Å². The average Bonchev–Trinajstić information content (AvgIpc) is 2.52. The summed E-state index contributed by atoms with van der Waals surface area (Å²) >= 11 is 0. The zero-order valence-corrected chi connectivity index (χ0v) is 13.3. The molecule has 0 saturated heterocycles. The molecule has 0 aliphatic carbocycles. The van der Waals surface area contributed by atoms with Gasteiger partial charge in [-0.1, -0.05) is 96.1 Å². The van der Waals surface area contributed by atoms with Crippen molar-refractivity contribution in [2.24, 2.45) is 0 Å². The van der Waals surface area contributed by atoms with Crippen LogP contribution in [0.15, 0.2) is 54.6 Å². The monoisotopic (exact) mass is 256 g/mol. The molecule has 2 rings (SSSR count). The fourth-order valence-corrected chi connectivity index (χ4v) is 1.88. The average molecular weight is 256 g/mol. The predicted octanol–water partition coefficient (Wildman–Crippen LogP) is 6.53. The summed E-state index contributed by atoms with van der Waals surface area (Å²) in [6, 6.07) is 19.2. The SMILES string of the molecule is CC.CC.CC(C)c1ccccc1-c1ccccc1. The van der Waals surface area contributed by atoms with E-state index in [1.54, 1.807) is 0 Å². The lowest BCUT2D eigenvalue weighted by molar-refractivity contribution is 0.869. The first-order chi connectivity index (χ1) is 9.29. The van der Waals surface area contributed by atoms with E-state index >= 15 is 0 Å². The summed E-state index contributed by atoms with van der Waals surface area (Å²) in [7, 11) is 0. The highest BCUT2D eigenvalue weighted by Crippen LogP contribution is 2.28. The molecule has 0 nitrogen and oxygen atoms in total. The van der Waals surface area contributed by atoms with Crippen LogP contribution >= 0.6 is 0 Å². The van der Waals surface area contributed by atoms with Gasteiger partial charge in [0.2, 0.25) is 0 Å². The lowest BCUT2D eigenvalue weighted by Crippen LogP contribution is -1.91. The fourth-order valence-electron chi connectivity index (χ4n) is 1.88. The third-order valence-corrected chi connectivity index (χ3v) is 2.67. The molecule has 2 aromatic carbocycles. The van der Waals surface area contributed by atoms with Crippen molar-refractivity contribution in [3.8, 4) is 11.1 Å². The Morgan fingerprint density at radius 1 is 0.632 bits per heavy atom. The minimum absolute atomic E-state index is 0.571. The molecule has 0 bridgehead atoms. The summed E-state index contributed by atoms with van der Waals surface area (Å²) in [5.41, 5.74) is 4.08. The molecular weight excluding hydrogens is 228 g/mol. The van der Waals surface area contributed by atoms with Gasteiger partial charge >= 0.3 is 0 Å². The Labute approximate surface area is 119 Å². The van der Waals surface area contributed by atoms with E-state index in [-0.39, 0.29) is 0 Å². The van der Waals surface area contributed by atoms with Crippen molar-refractivity contribution in [2.45, 2.75) is 47.5 Å². The van der Waals surface area contributed by atoms with E-state index < -0.39 is 0 Å². The molecule has 0 heterocycles. The van der Waals surface area contributed by atoms with Crippen molar-refractivity contribution in [2.75, 3.05) is 0 Å². The molecule has 0 saturated carbocycles. The lowest BCUT2D eigenvalue weighted by Gasteiger charge is -2.12. The first kappa shape index (κ1) is 17.4. The van der Waals surface area contributed by atoms with Crippen LogP contribution in [0.1, 0.15) is 53.0 Å². The molecule has 0 amide bonds. The maximum atomic E-state index is 2.24. The number of hydrogen-bond acceptors (Lipinski definition) is 0. The maximum absolute atomic E-state index is 2.24. The van der Waals surface area contributed by atoms with E-state index in [0.29, 0.717) is 5.92 Å². The number of hydrogen-bond donors (Lipinski definition) is 0. The molecule has 19 heavy (non-hydrogen) atoms. The number of rotatable bonds is 2. The van der Waals surface area contributed by atoms with Gasteiger partial charge in [-0.05, 0) is 22.6 Å². The fraction of sp³-hybridized carbons (Fsp3) is 0.368. The Bertz CT molecular complexity index is 427. The molecule has 0 radical (unpaired) electrons. The Hall–Kier alpha value is -1.56. The summed E-state index contributed by atoms with van der Waals surface area (Å²) in [5, 5.41) is 0. The van der Waals surface area contributed by atoms with Gasteiger partial charge in [0, 0.05) is 0 Å². The molecule has 104 valence electrons. The molecule has 0 aliphatic heterocycles. The maximum Gasteiger partial charge on any atom is -0.0149 e. The van der Waals surface area contributed by atoms with E-state index in [4.69, 9.17) is 0 Å². The van der Waals surface area contributed by atoms with Crippen LogP contribution < -0.4 is 0 Å². The molecule has 0 unspecified atom stereocenters. The molecule has 0 heteroatoms. The molecule has 0 N–H and O–H groups in total. The van der Waals surface area contributed by atoms with E-state index in [2.05, 4.69) is 68.4 Å². The van der Waals surface area contributed by atoms with Gasteiger partial charge in [-0.3, -0.25) is 0 Å². The predicted molar refractivity (Wildman–Crippen MR) is 88.7 cm³/mol. The van der Waals surface area contributed by atoms with Crippen molar-refractivity contribution in [3.05, 3.63) is 60.2 Å². The first-order valence-corrected chi connectivity index (χ1v) is 7.43.